The van der Waals surface area contributed by atoms with Gasteiger partial charge in [-0.1, -0.05) is 22.8 Å². The number of hydrogen-bond donors (Lipinski definition) is 1. The number of nitrogens with zero attached hydrogens (tertiary/aromatic N) is 5. The zero-order chi connectivity index (χ0) is 20.4. The van der Waals surface area contributed by atoms with Gasteiger partial charge in [0.05, 0.1) is 4.92 Å². The van der Waals surface area contributed by atoms with Crippen LogP contribution in [-0.2, 0) is 6.42 Å². The van der Waals surface area contributed by atoms with Gasteiger partial charge in [0.15, 0.2) is 0 Å². The molecule has 0 aliphatic carbocycles. The van der Waals surface area contributed by atoms with Gasteiger partial charge in [-0.3, -0.25) is 19.3 Å². The summed E-state index contributed by atoms with van der Waals surface area (Å²) in [7, 11) is 0. The Balaban J connectivity index is 1.52. The molecule has 0 saturated carbocycles. The maximum Gasteiger partial charge on any atom is 0.376 e. The van der Waals surface area contributed by atoms with E-state index in [1.54, 1.807) is 42.5 Å². The third-order valence-electron chi connectivity index (χ3n) is 4.09. The Labute approximate surface area is 167 Å². The van der Waals surface area contributed by atoms with Crippen LogP contribution in [0.2, 0.25) is 5.02 Å². The monoisotopic (exact) mass is 412 g/mol. The molecule has 11 heteroatoms. The summed E-state index contributed by atoms with van der Waals surface area (Å²) in [5.74, 6) is 0.635. The fourth-order valence-corrected chi connectivity index (χ4v) is 2.85. The first-order valence-corrected chi connectivity index (χ1v) is 8.89. The Morgan fingerprint density at radius 3 is 2.72 bits per heavy atom. The summed E-state index contributed by atoms with van der Waals surface area (Å²) in [4.78, 5) is 31.5. The van der Waals surface area contributed by atoms with Crippen molar-refractivity contribution in [3.05, 3.63) is 80.0 Å². The van der Waals surface area contributed by atoms with E-state index in [1.807, 2.05) is 0 Å². The second kappa shape index (κ2) is 7.68. The fraction of sp³-hybridized carbons (Fsp3) is 0.111. The lowest BCUT2D eigenvalue weighted by atomic mass is 10.2. The predicted molar refractivity (Wildman–Crippen MR) is 105 cm³/mol. The topological polar surface area (TPSA) is 128 Å². The van der Waals surface area contributed by atoms with Crippen molar-refractivity contribution < 1.29 is 9.45 Å². The minimum Gasteiger partial charge on any atom is -0.364 e. The molecule has 146 valence electrons. The van der Waals surface area contributed by atoms with Crippen molar-refractivity contribution in [2.24, 2.45) is 0 Å². The second-order valence-electron chi connectivity index (χ2n) is 6.00. The van der Waals surface area contributed by atoms with Gasteiger partial charge in [-0.25, -0.2) is 4.98 Å². The lowest BCUT2D eigenvalue weighted by Gasteiger charge is -2.06. The van der Waals surface area contributed by atoms with Gasteiger partial charge in [0.25, 0.3) is 0 Å². The molecule has 29 heavy (non-hydrogen) atoms. The van der Waals surface area contributed by atoms with E-state index in [2.05, 4.69) is 20.4 Å². The Hall–Kier alpha value is -3.79. The van der Waals surface area contributed by atoms with Crippen molar-refractivity contribution in [3.63, 3.8) is 0 Å². The van der Waals surface area contributed by atoms with E-state index < -0.39 is 16.2 Å². The zero-order valence-corrected chi connectivity index (χ0v) is 15.5. The highest BCUT2D eigenvalue weighted by Gasteiger charge is 2.23. The normalized spacial score (nSPS) is 10.9. The van der Waals surface area contributed by atoms with Gasteiger partial charge in [0, 0.05) is 29.7 Å². The van der Waals surface area contributed by atoms with Crippen molar-refractivity contribution in [1.82, 2.24) is 19.5 Å². The molecule has 0 radical (unpaired) electrons. The molecule has 0 saturated heterocycles. The van der Waals surface area contributed by atoms with Gasteiger partial charge in [-0.15, -0.1) is 0 Å². The molecule has 0 aliphatic heterocycles. The minimum absolute atomic E-state index is 0.108. The van der Waals surface area contributed by atoms with Gasteiger partial charge >= 0.3 is 11.2 Å². The molecule has 10 nitrogen and oxygen atoms in total. The lowest BCUT2D eigenvalue weighted by molar-refractivity contribution is -0.385. The van der Waals surface area contributed by atoms with Gasteiger partial charge in [-0.05, 0) is 36.4 Å². The molecule has 0 fully saturated rings. The molecular formula is C18H13ClN6O4. The summed E-state index contributed by atoms with van der Waals surface area (Å²) in [6.07, 6.45) is 1.71. The molecule has 0 aliphatic rings. The number of halogens is 1. The van der Waals surface area contributed by atoms with Crippen LogP contribution >= 0.6 is 11.6 Å². The molecule has 0 atom stereocenters. The summed E-state index contributed by atoms with van der Waals surface area (Å²) in [6, 6.07) is 11.9. The summed E-state index contributed by atoms with van der Waals surface area (Å²) < 4.78 is 6.33. The van der Waals surface area contributed by atoms with E-state index in [1.165, 1.54) is 6.20 Å². The number of aromatic nitrogens is 4. The Morgan fingerprint density at radius 1 is 1.17 bits per heavy atom. The van der Waals surface area contributed by atoms with E-state index in [-0.39, 0.29) is 18.8 Å². The quantitative estimate of drug-likeness (QED) is 0.378. The van der Waals surface area contributed by atoms with Crippen molar-refractivity contribution in [1.29, 1.82) is 0 Å². The maximum atomic E-state index is 12.4. The molecule has 0 amide bonds. The number of hydrogen-bond acceptors (Lipinski definition) is 8. The summed E-state index contributed by atoms with van der Waals surface area (Å²) in [5.41, 5.74) is -0.336. The van der Waals surface area contributed by atoms with Crippen molar-refractivity contribution in [3.8, 4) is 11.4 Å². The van der Waals surface area contributed by atoms with Crippen LogP contribution in [0.4, 0.5) is 11.5 Å². The average molecular weight is 413 g/mol. The highest BCUT2D eigenvalue weighted by atomic mass is 35.5. The summed E-state index contributed by atoms with van der Waals surface area (Å²) >= 11 is 5.86. The van der Waals surface area contributed by atoms with Gasteiger partial charge in [0.1, 0.15) is 5.65 Å². The van der Waals surface area contributed by atoms with E-state index in [0.717, 1.165) is 9.96 Å². The molecule has 3 aromatic heterocycles. The molecule has 1 aromatic carbocycles. The van der Waals surface area contributed by atoms with Crippen LogP contribution in [0.15, 0.2) is 58.0 Å². The van der Waals surface area contributed by atoms with Crippen LogP contribution in [0.3, 0.4) is 0 Å². The van der Waals surface area contributed by atoms with Crippen LogP contribution in [0.25, 0.3) is 17.0 Å². The number of nitrogens with one attached hydrogen (secondary N) is 1. The summed E-state index contributed by atoms with van der Waals surface area (Å²) in [6.45, 7) is 0.207. The second-order valence-corrected chi connectivity index (χ2v) is 6.43. The number of anilines is 1. The first kappa shape index (κ1) is 18.6. The largest absolute Gasteiger partial charge is 0.376 e. The van der Waals surface area contributed by atoms with Gasteiger partial charge in [0.2, 0.25) is 17.5 Å². The third kappa shape index (κ3) is 3.78. The number of benzene rings is 1. The van der Waals surface area contributed by atoms with Crippen molar-refractivity contribution >= 4 is 28.8 Å². The van der Waals surface area contributed by atoms with Crippen LogP contribution in [0.5, 0.6) is 0 Å². The van der Waals surface area contributed by atoms with Gasteiger partial charge < -0.3 is 9.84 Å². The molecule has 4 rings (SSSR count). The van der Waals surface area contributed by atoms with E-state index in [9.17, 15) is 14.9 Å². The van der Waals surface area contributed by atoms with E-state index >= 15 is 0 Å². The summed E-state index contributed by atoms with van der Waals surface area (Å²) in [5, 5.41) is 18.7. The van der Waals surface area contributed by atoms with Crippen molar-refractivity contribution in [2.75, 3.05) is 11.9 Å². The van der Waals surface area contributed by atoms with E-state index in [0.29, 0.717) is 22.4 Å². The van der Waals surface area contributed by atoms with Gasteiger partial charge in [-0.2, -0.15) is 4.98 Å². The number of fused-ring (bicyclic) bond motifs is 1. The number of rotatable bonds is 6. The molecule has 4 aromatic rings. The van der Waals surface area contributed by atoms with Crippen LogP contribution in [0.1, 0.15) is 5.89 Å². The highest BCUT2D eigenvalue weighted by Crippen LogP contribution is 2.20. The van der Waals surface area contributed by atoms with E-state index in [4.69, 9.17) is 16.1 Å². The Kier molecular flexibility index (Phi) is 4.92. The predicted octanol–water partition coefficient (Wildman–Crippen LogP) is 2.96. The first-order chi connectivity index (χ1) is 14.0. The van der Waals surface area contributed by atoms with Crippen molar-refractivity contribution in [2.45, 2.75) is 6.42 Å². The van der Waals surface area contributed by atoms with Crippen LogP contribution < -0.4 is 10.9 Å². The lowest BCUT2D eigenvalue weighted by Crippen LogP contribution is -2.21. The highest BCUT2D eigenvalue weighted by molar-refractivity contribution is 6.30. The minimum atomic E-state index is -0.758. The standard InChI is InChI=1S/C18H13ClN6O4/c19-12-6-4-11(5-7-12)16-22-14(29-23-16)8-9-20-17-15(25(27)28)18(26)24-10-2-1-3-13(24)21-17/h1-7,10,20H,8-9H2. The Morgan fingerprint density at radius 2 is 1.97 bits per heavy atom. The molecule has 0 bridgehead atoms. The number of pyridine rings is 1. The molecule has 0 unspecified atom stereocenters. The Bertz CT molecular complexity index is 1250. The third-order valence-corrected chi connectivity index (χ3v) is 4.35. The zero-order valence-electron chi connectivity index (χ0n) is 14.8. The first-order valence-electron chi connectivity index (χ1n) is 8.51. The number of nitro groups is 1. The fourth-order valence-electron chi connectivity index (χ4n) is 2.73. The molecule has 1 N–H and O–H groups in total. The molecule has 3 heterocycles. The maximum absolute atomic E-state index is 12.4. The van der Waals surface area contributed by atoms with Crippen LogP contribution in [-0.4, -0.2) is 31.0 Å². The van der Waals surface area contributed by atoms with Crippen LogP contribution in [0, 0.1) is 10.1 Å². The smallest absolute Gasteiger partial charge is 0.364 e. The molecular weight excluding hydrogens is 400 g/mol. The average Bonchev–Trinajstić information content (AvgIpc) is 3.17. The SMILES string of the molecule is O=c1c([N+](=O)[O-])c(NCCc2nc(-c3ccc(Cl)cc3)no2)nc2ccccn12. The molecule has 0 spiro atoms.